The van der Waals surface area contributed by atoms with E-state index < -0.39 is 11.9 Å². The molecule has 0 N–H and O–H groups in total. The first-order valence-corrected chi connectivity index (χ1v) is 9.43. The second-order valence-corrected chi connectivity index (χ2v) is 7.12. The maximum absolute atomic E-state index is 13.2. The predicted octanol–water partition coefficient (Wildman–Crippen LogP) is 7.86. The molecule has 0 saturated heterocycles. The lowest BCUT2D eigenvalue weighted by Crippen LogP contribution is -2.13. The Hall–Kier alpha value is -1.25. The monoisotopic (exact) mass is 338 g/mol. The van der Waals surface area contributed by atoms with E-state index in [0.29, 0.717) is 5.92 Å². The van der Waals surface area contributed by atoms with Crippen LogP contribution in [0, 0.1) is 5.92 Å². The molecule has 0 amide bonds. The van der Waals surface area contributed by atoms with Crippen LogP contribution in [0.25, 0.3) is 5.83 Å². The first-order valence-electron chi connectivity index (χ1n) is 9.43. The van der Waals surface area contributed by atoms with E-state index in [-0.39, 0.29) is 5.56 Å². The smallest absolute Gasteiger partial charge is 0.200 e. The Morgan fingerprint density at radius 1 is 0.875 bits per heavy atom. The lowest BCUT2D eigenvalue weighted by molar-refractivity contribution is 0.302. The fourth-order valence-electron chi connectivity index (χ4n) is 3.83. The van der Waals surface area contributed by atoms with Gasteiger partial charge in [-0.3, -0.25) is 0 Å². The van der Waals surface area contributed by atoms with Gasteiger partial charge in [-0.2, -0.15) is 8.78 Å². The third kappa shape index (κ3) is 5.68. The molecule has 0 radical (unpaired) electrons. The van der Waals surface area contributed by atoms with Crippen molar-refractivity contribution in [2.45, 2.75) is 77.0 Å². The van der Waals surface area contributed by atoms with Gasteiger partial charge in [0.05, 0.1) is 0 Å². The van der Waals surface area contributed by atoms with Gasteiger partial charge < -0.3 is 0 Å². The molecule has 0 bridgehead atoms. The highest BCUT2D eigenvalue weighted by Gasteiger charge is 2.22. The molecule has 1 fully saturated rings. The molecule has 1 aliphatic rings. The fourth-order valence-corrected chi connectivity index (χ4v) is 3.83. The van der Waals surface area contributed by atoms with Crippen LogP contribution in [0.1, 0.15) is 88.2 Å². The van der Waals surface area contributed by atoms with Crippen LogP contribution >= 0.6 is 0 Å². The van der Waals surface area contributed by atoms with Crippen LogP contribution in [-0.2, 0) is 0 Å². The molecule has 2 rings (SSSR count). The summed E-state index contributed by atoms with van der Waals surface area (Å²) in [6.45, 7) is 2.24. The Labute approximate surface area is 144 Å². The zero-order chi connectivity index (χ0) is 17.4. The summed E-state index contributed by atoms with van der Waals surface area (Å²) in [7, 11) is 0. The van der Waals surface area contributed by atoms with Crippen LogP contribution < -0.4 is 0 Å². The molecule has 1 saturated carbocycles. The van der Waals surface area contributed by atoms with Crippen molar-refractivity contribution in [2.75, 3.05) is 0 Å². The highest BCUT2D eigenvalue weighted by Crippen LogP contribution is 2.38. The Balaban J connectivity index is 1.77. The summed E-state index contributed by atoms with van der Waals surface area (Å²) in [5.74, 6) is -0.0610. The summed E-state index contributed by atoms with van der Waals surface area (Å²) in [5.41, 5.74) is 1.13. The minimum Gasteiger partial charge on any atom is -0.200 e. The molecule has 134 valence electrons. The molecule has 0 heterocycles. The van der Waals surface area contributed by atoms with E-state index in [1.54, 1.807) is 0 Å². The number of unbranched alkanes of at least 4 members (excludes halogenated alkanes) is 4. The van der Waals surface area contributed by atoms with Crippen molar-refractivity contribution in [3.8, 4) is 0 Å². The number of halogens is 3. The summed E-state index contributed by atoms with van der Waals surface area (Å²) in [6, 6.07) is 6.58. The molecule has 1 aromatic carbocycles. The normalized spacial score (nSPS) is 20.8. The van der Waals surface area contributed by atoms with Crippen LogP contribution in [0.2, 0.25) is 0 Å². The lowest BCUT2D eigenvalue weighted by Gasteiger charge is -2.29. The van der Waals surface area contributed by atoms with Crippen LogP contribution in [0.4, 0.5) is 13.2 Å². The third-order valence-electron chi connectivity index (χ3n) is 5.36. The van der Waals surface area contributed by atoms with Gasteiger partial charge in [0.2, 0.25) is 0 Å². The number of hydrogen-bond acceptors (Lipinski definition) is 0. The van der Waals surface area contributed by atoms with E-state index >= 15 is 0 Å². The zero-order valence-corrected chi connectivity index (χ0v) is 14.7. The minimum atomic E-state index is -2.25. The van der Waals surface area contributed by atoms with Crippen LogP contribution in [0.15, 0.2) is 30.3 Å². The Bertz CT molecular complexity index is 506. The fraction of sp³-hybridized carbons (Fsp3) is 0.619. The van der Waals surface area contributed by atoms with Crippen molar-refractivity contribution in [3.05, 3.63) is 41.5 Å². The van der Waals surface area contributed by atoms with Crippen molar-refractivity contribution < 1.29 is 13.2 Å². The standard InChI is InChI=1S/C21H29F3/c1-2-3-4-5-6-7-16-8-10-17(11-9-16)18-12-14-19(15-13-18)20(22)21(23)24/h12-17H,2-11H2,1H3. The van der Waals surface area contributed by atoms with Crippen molar-refractivity contribution in [2.24, 2.45) is 5.92 Å². The van der Waals surface area contributed by atoms with Crippen molar-refractivity contribution in [1.82, 2.24) is 0 Å². The summed E-state index contributed by atoms with van der Waals surface area (Å²) in [5, 5.41) is 0. The van der Waals surface area contributed by atoms with Gasteiger partial charge >= 0.3 is 6.08 Å². The quantitative estimate of drug-likeness (QED) is 0.423. The molecule has 0 aromatic heterocycles. The molecule has 1 aromatic rings. The van der Waals surface area contributed by atoms with Gasteiger partial charge in [-0.15, -0.1) is 0 Å². The predicted molar refractivity (Wildman–Crippen MR) is 94.8 cm³/mol. The van der Waals surface area contributed by atoms with Gasteiger partial charge in [0.1, 0.15) is 0 Å². The summed E-state index contributed by atoms with van der Waals surface area (Å²) in [6.07, 6.45) is 10.7. The molecule has 1 aliphatic carbocycles. The maximum atomic E-state index is 13.2. The topological polar surface area (TPSA) is 0 Å². The zero-order valence-electron chi connectivity index (χ0n) is 14.7. The van der Waals surface area contributed by atoms with Gasteiger partial charge in [0, 0.05) is 5.56 Å². The highest BCUT2D eigenvalue weighted by atomic mass is 19.3. The average Bonchev–Trinajstić information content (AvgIpc) is 2.61. The summed E-state index contributed by atoms with van der Waals surface area (Å²) in [4.78, 5) is 0. The molecule has 0 nitrogen and oxygen atoms in total. The second kappa shape index (κ2) is 9.90. The molecule has 0 atom stereocenters. The molecular weight excluding hydrogens is 309 g/mol. The highest BCUT2D eigenvalue weighted by molar-refractivity contribution is 5.59. The Morgan fingerprint density at radius 2 is 1.50 bits per heavy atom. The molecule has 0 unspecified atom stereocenters. The third-order valence-corrected chi connectivity index (χ3v) is 5.36. The van der Waals surface area contributed by atoms with E-state index in [0.717, 1.165) is 24.3 Å². The molecule has 0 spiro atoms. The van der Waals surface area contributed by atoms with Crippen LogP contribution in [0.5, 0.6) is 0 Å². The Kier molecular flexibility index (Phi) is 7.87. The first-order chi connectivity index (χ1) is 11.6. The summed E-state index contributed by atoms with van der Waals surface area (Å²) >= 11 is 0. The van der Waals surface area contributed by atoms with Crippen molar-refractivity contribution in [3.63, 3.8) is 0 Å². The van der Waals surface area contributed by atoms with Gasteiger partial charge in [-0.1, -0.05) is 69.7 Å². The lowest BCUT2D eigenvalue weighted by atomic mass is 9.77. The van der Waals surface area contributed by atoms with E-state index in [1.807, 2.05) is 12.1 Å². The van der Waals surface area contributed by atoms with E-state index in [4.69, 9.17) is 0 Å². The van der Waals surface area contributed by atoms with Gasteiger partial charge in [-0.05, 0) is 43.1 Å². The number of benzene rings is 1. The van der Waals surface area contributed by atoms with Crippen LogP contribution in [0.3, 0.4) is 0 Å². The van der Waals surface area contributed by atoms with Crippen molar-refractivity contribution in [1.29, 1.82) is 0 Å². The molecule has 24 heavy (non-hydrogen) atoms. The minimum absolute atomic E-state index is 0.0282. The van der Waals surface area contributed by atoms with Gasteiger partial charge in [0.15, 0.2) is 5.83 Å². The SMILES string of the molecule is CCCCCCCC1CCC(c2ccc(C(F)=C(F)F)cc2)CC1. The Morgan fingerprint density at radius 3 is 2.08 bits per heavy atom. The van der Waals surface area contributed by atoms with Crippen LogP contribution in [-0.4, -0.2) is 0 Å². The van der Waals surface area contributed by atoms with E-state index in [9.17, 15) is 13.2 Å². The van der Waals surface area contributed by atoms with E-state index in [2.05, 4.69) is 6.92 Å². The van der Waals surface area contributed by atoms with Gasteiger partial charge in [-0.25, -0.2) is 4.39 Å². The average molecular weight is 338 g/mol. The number of hydrogen-bond donors (Lipinski definition) is 0. The largest absolute Gasteiger partial charge is 0.306 e. The maximum Gasteiger partial charge on any atom is 0.306 e. The molecule has 0 aliphatic heterocycles. The van der Waals surface area contributed by atoms with E-state index in [1.165, 1.54) is 63.5 Å². The van der Waals surface area contributed by atoms with Crippen molar-refractivity contribution >= 4 is 5.83 Å². The van der Waals surface area contributed by atoms with Gasteiger partial charge in [0.25, 0.3) is 0 Å². The first kappa shape index (κ1) is 19.1. The second-order valence-electron chi connectivity index (χ2n) is 7.12. The molecule has 3 heteroatoms. The summed E-state index contributed by atoms with van der Waals surface area (Å²) < 4.78 is 37.8. The number of rotatable bonds is 8. The molecular formula is C21H29F3.